The summed E-state index contributed by atoms with van der Waals surface area (Å²) >= 11 is 0. The predicted molar refractivity (Wildman–Crippen MR) is 152 cm³/mol. The van der Waals surface area contributed by atoms with Crippen molar-refractivity contribution in [3.8, 4) is 28.3 Å². The van der Waals surface area contributed by atoms with Gasteiger partial charge in [-0.25, -0.2) is 4.79 Å². The maximum absolute atomic E-state index is 13.9. The van der Waals surface area contributed by atoms with Crippen molar-refractivity contribution in [3.05, 3.63) is 83.4 Å². The molecule has 2 saturated heterocycles. The molecule has 2 bridgehead atoms. The Labute approximate surface area is 230 Å². The highest BCUT2D eigenvalue weighted by Gasteiger charge is 2.44. The number of fused-ring (bicyclic) bond motifs is 2. The number of piperidine rings is 1. The number of carbonyl (C=O) groups excluding carboxylic acids is 2. The Balaban J connectivity index is 1.41. The van der Waals surface area contributed by atoms with Gasteiger partial charge in [0.1, 0.15) is 5.60 Å². The van der Waals surface area contributed by atoms with Crippen LogP contribution in [0.2, 0.25) is 0 Å². The van der Waals surface area contributed by atoms with E-state index in [-0.39, 0.29) is 24.0 Å². The van der Waals surface area contributed by atoms with Gasteiger partial charge in [-0.05, 0) is 99.9 Å². The SMILES string of the molecule is Cc1ccc(-c2ccc(C(=O)N3[C@@H]4CC[C@H]3C[C@H](NC(=O)OC(C)(C)C)C4)cc2-c2ccc(C#N)cc2)cc1. The maximum Gasteiger partial charge on any atom is 0.407 e. The molecule has 1 N–H and O–H groups in total. The Bertz CT molecular complexity index is 1400. The van der Waals surface area contributed by atoms with Crippen LogP contribution in [-0.4, -0.2) is 40.6 Å². The van der Waals surface area contributed by atoms with E-state index in [0.717, 1.165) is 47.9 Å². The molecule has 6 nitrogen and oxygen atoms in total. The summed E-state index contributed by atoms with van der Waals surface area (Å²) in [5.74, 6) is 0.0311. The highest BCUT2D eigenvalue weighted by molar-refractivity contribution is 5.98. The van der Waals surface area contributed by atoms with Crippen LogP contribution in [0.3, 0.4) is 0 Å². The van der Waals surface area contributed by atoms with Gasteiger partial charge in [-0.3, -0.25) is 4.79 Å². The van der Waals surface area contributed by atoms with Crippen LogP contribution in [0.1, 0.15) is 67.9 Å². The van der Waals surface area contributed by atoms with E-state index in [4.69, 9.17) is 4.74 Å². The van der Waals surface area contributed by atoms with Crippen LogP contribution in [0.15, 0.2) is 66.7 Å². The summed E-state index contributed by atoms with van der Waals surface area (Å²) in [6, 6.07) is 24.2. The van der Waals surface area contributed by atoms with Crippen LogP contribution >= 0.6 is 0 Å². The van der Waals surface area contributed by atoms with Crippen molar-refractivity contribution in [1.82, 2.24) is 10.2 Å². The number of amides is 2. The fourth-order valence-electron chi connectivity index (χ4n) is 5.88. The third-order valence-electron chi connectivity index (χ3n) is 7.64. The van der Waals surface area contributed by atoms with Gasteiger partial charge in [0.25, 0.3) is 5.91 Å². The summed E-state index contributed by atoms with van der Waals surface area (Å²) in [6.07, 6.45) is 2.93. The molecule has 3 aromatic carbocycles. The smallest absolute Gasteiger partial charge is 0.407 e. The number of alkyl carbamates (subject to hydrolysis) is 1. The minimum atomic E-state index is -0.545. The van der Waals surface area contributed by atoms with Gasteiger partial charge in [-0.1, -0.05) is 48.0 Å². The van der Waals surface area contributed by atoms with Gasteiger partial charge in [0.05, 0.1) is 11.6 Å². The number of aryl methyl sites for hydroxylation is 1. The molecule has 39 heavy (non-hydrogen) atoms. The van der Waals surface area contributed by atoms with E-state index >= 15 is 0 Å². The van der Waals surface area contributed by atoms with Crippen LogP contribution in [0.5, 0.6) is 0 Å². The molecule has 2 aliphatic rings. The Kier molecular flexibility index (Phi) is 7.18. The molecule has 2 heterocycles. The van der Waals surface area contributed by atoms with Crippen molar-refractivity contribution in [3.63, 3.8) is 0 Å². The Morgan fingerprint density at radius 3 is 2.08 bits per heavy atom. The second-order valence-electron chi connectivity index (χ2n) is 11.7. The number of hydrogen-bond acceptors (Lipinski definition) is 4. The quantitative estimate of drug-likeness (QED) is 0.407. The summed E-state index contributed by atoms with van der Waals surface area (Å²) < 4.78 is 5.45. The van der Waals surface area contributed by atoms with Crippen molar-refractivity contribution < 1.29 is 14.3 Å². The first-order valence-electron chi connectivity index (χ1n) is 13.6. The molecular formula is C33H35N3O3. The summed E-state index contributed by atoms with van der Waals surface area (Å²) in [7, 11) is 0. The fourth-order valence-corrected chi connectivity index (χ4v) is 5.88. The van der Waals surface area contributed by atoms with Gasteiger partial charge in [-0.15, -0.1) is 0 Å². The van der Waals surface area contributed by atoms with E-state index in [1.54, 1.807) is 0 Å². The number of carbonyl (C=O) groups is 2. The Morgan fingerprint density at radius 1 is 0.897 bits per heavy atom. The number of rotatable bonds is 4. The van der Waals surface area contributed by atoms with Gasteiger partial charge in [0.2, 0.25) is 0 Å². The minimum absolute atomic E-state index is 0.000442. The molecule has 0 saturated carbocycles. The zero-order valence-corrected chi connectivity index (χ0v) is 23.0. The summed E-state index contributed by atoms with van der Waals surface area (Å²) in [5.41, 5.74) is 5.93. The Morgan fingerprint density at radius 2 is 1.49 bits per heavy atom. The van der Waals surface area contributed by atoms with Crippen LogP contribution in [-0.2, 0) is 4.74 Å². The average molecular weight is 522 g/mol. The first kappa shape index (κ1) is 26.5. The summed E-state index contributed by atoms with van der Waals surface area (Å²) in [6.45, 7) is 7.63. The van der Waals surface area contributed by atoms with Crippen molar-refractivity contribution in [2.45, 2.75) is 77.1 Å². The number of nitrogens with zero attached hydrogens (tertiary/aromatic N) is 2. The van der Waals surface area contributed by atoms with Crippen molar-refractivity contribution >= 4 is 12.0 Å². The number of benzene rings is 3. The molecule has 0 radical (unpaired) electrons. The highest BCUT2D eigenvalue weighted by atomic mass is 16.6. The van der Waals surface area contributed by atoms with Gasteiger partial charge >= 0.3 is 6.09 Å². The van der Waals surface area contributed by atoms with Crippen molar-refractivity contribution in [2.24, 2.45) is 0 Å². The first-order valence-corrected chi connectivity index (χ1v) is 13.6. The molecule has 6 heteroatoms. The third-order valence-corrected chi connectivity index (χ3v) is 7.64. The molecular weight excluding hydrogens is 486 g/mol. The molecule has 0 unspecified atom stereocenters. The largest absolute Gasteiger partial charge is 0.444 e. The first-order chi connectivity index (χ1) is 18.6. The number of hydrogen-bond donors (Lipinski definition) is 1. The molecule has 2 aliphatic heterocycles. The number of nitrogens with one attached hydrogen (secondary N) is 1. The lowest BCUT2D eigenvalue weighted by molar-refractivity contribution is 0.0418. The van der Waals surface area contributed by atoms with E-state index in [2.05, 4.69) is 42.6 Å². The zero-order valence-electron chi connectivity index (χ0n) is 23.0. The number of nitriles is 1. The van der Waals surface area contributed by atoms with E-state index in [9.17, 15) is 14.9 Å². The topological polar surface area (TPSA) is 82.4 Å². The van der Waals surface area contributed by atoms with E-state index in [1.807, 2.05) is 68.1 Å². The van der Waals surface area contributed by atoms with E-state index < -0.39 is 11.7 Å². The third kappa shape index (κ3) is 5.83. The van der Waals surface area contributed by atoms with Gasteiger partial charge in [0, 0.05) is 23.7 Å². The van der Waals surface area contributed by atoms with Crippen LogP contribution in [0, 0.1) is 18.3 Å². The number of ether oxygens (including phenoxy) is 1. The lowest BCUT2D eigenvalue weighted by Gasteiger charge is -2.39. The lowest BCUT2D eigenvalue weighted by atomic mass is 9.91. The second-order valence-corrected chi connectivity index (χ2v) is 11.7. The molecule has 0 spiro atoms. The van der Waals surface area contributed by atoms with Gasteiger partial charge < -0.3 is 15.0 Å². The maximum atomic E-state index is 13.9. The molecule has 2 fully saturated rings. The fraction of sp³-hybridized carbons (Fsp3) is 0.364. The predicted octanol–water partition coefficient (Wildman–Crippen LogP) is 6.86. The average Bonchev–Trinajstić information content (AvgIpc) is 3.17. The molecule has 3 atom stereocenters. The minimum Gasteiger partial charge on any atom is -0.444 e. The van der Waals surface area contributed by atoms with Gasteiger partial charge in [-0.2, -0.15) is 5.26 Å². The second kappa shape index (κ2) is 10.6. The summed E-state index contributed by atoms with van der Waals surface area (Å²) in [5, 5.41) is 12.3. The molecule has 5 rings (SSSR count). The molecule has 0 aliphatic carbocycles. The van der Waals surface area contributed by atoms with Crippen LogP contribution < -0.4 is 5.32 Å². The van der Waals surface area contributed by atoms with Crippen LogP contribution in [0.25, 0.3) is 22.3 Å². The monoisotopic (exact) mass is 521 g/mol. The van der Waals surface area contributed by atoms with Crippen molar-refractivity contribution in [2.75, 3.05) is 0 Å². The molecule has 3 aromatic rings. The normalized spacial score (nSPS) is 20.3. The summed E-state index contributed by atoms with van der Waals surface area (Å²) in [4.78, 5) is 28.3. The van der Waals surface area contributed by atoms with Crippen LogP contribution in [0.4, 0.5) is 4.79 Å². The highest BCUT2D eigenvalue weighted by Crippen LogP contribution is 2.39. The lowest BCUT2D eigenvalue weighted by Crippen LogP contribution is -2.53. The zero-order chi connectivity index (χ0) is 27.7. The van der Waals surface area contributed by atoms with Gasteiger partial charge in [0.15, 0.2) is 0 Å². The standard InChI is InChI=1S/C33H35N3O3/c1-21-5-9-23(10-6-21)29-16-13-25(17-30(29)24-11-7-22(20-34)8-12-24)31(37)36-27-14-15-28(36)19-26(18-27)35-32(38)39-33(2,3)4/h5-13,16-17,26-28H,14-15,18-19H2,1-4H3,(H,35,38)/t26-,27-,28+. The molecule has 200 valence electrons. The molecule has 0 aromatic heterocycles. The van der Waals surface area contributed by atoms with E-state index in [1.165, 1.54) is 5.56 Å². The van der Waals surface area contributed by atoms with E-state index in [0.29, 0.717) is 11.1 Å². The molecule has 2 amide bonds. The van der Waals surface area contributed by atoms with Crippen molar-refractivity contribution in [1.29, 1.82) is 5.26 Å². The Hall–Kier alpha value is -4.11.